The molecule has 1 rings (SSSR count). The van der Waals surface area contributed by atoms with Crippen LogP contribution >= 0.6 is 0 Å². The van der Waals surface area contributed by atoms with Gasteiger partial charge in [-0.05, 0) is 12.3 Å². The van der Waals surface area contributed by atoms with E-state index in [0.717, 1.165) is 0 Å². The molecular weight excluding hydrogens is 248 g/mol. The lowest BCUT2D eigenvalue weighted by atomic mass is 9.97. The van der Waals surface area contributed by atoms with Crippen molar-refractivity contribution < 1.29 is 19.5 Å². The summed E-state index contributed by atoms with van der Waals surface area (Å²) in [5.41, 5.74) is 0. The number of carbonyl (C=O) groups excluding carboxylic acids is 2. The molecule has 1 unspecified atom stereocenters. The van der Waals surface area contributed by atoms with Crippen molar-refractivity contribution in [3.8, 4) is 0 Å². The van der Waals surface area contributed by atoms with E-state index in [1.54, 1.807) is 0 Å². The van der Waals surface area contributed by atoms with Gasteiger partial charge in [0.25, 0.3) is 0 Å². The summed E-state index contributed by atoms with van der Waals surface area (Å²) in [7, 11) is 0. The first-order valence-corrected chi connectivity index (χ1v) is 6.67. The van der Waals surface area contributed by atoms with Gasteiger partial charge in [0.15, 0.2) is 0 Å². The van der Waals surface area contributed by atoms with Crippen molar-refractivity contribution in [3.05, 3.63) is 0 Å². The molecule has 1 aliphatic heterocycles. The van der Waals surface area contributed by atoms with Crippen molar-refractivity contribution in [1.82, 2.24) is 10.2 Å². The van der Waals surface area contributed by atoms with Crippen LogP contribution in [-0.2, 0) is 14.4 Å². The number of amides is 2. The maximum atomic E-state index is 11.6. The summed E-state index contributed by atoms with van der Waals surface area (Å²) in [4.78, 5) is 35.6. The van der Waals surface area contributed by atoms with E-state index in [0.29, 0.717) is 25.4 Å². The third-order valence-electron chi connectivity index (χ3n) is 3.17. The van der Waals surface area contributed by atoms with Crippen molar-refractivity contribution >= 4 is 17.8 Å². The zero-order valence-corrected chi connectivity index (χ0v) is 11.5. The average Bonchev–Trinajstić information content (AvgIpc) is 2.35. The Kier molecular flexibility index (Phi) is 5.79. The van der Waals surface area contributed by atoms with Crippen LogP contribution in [0, 0.1) is 11.8 Å². The lowest BCUT2D eigenvalue weighted by Crippen LogP contribution is -2.44. The first-order valence-electron chi connectivity index (χ1n) is 6.67. The Morgan fingerprint density at radius 3 is 2.74 bits per heavy atom. The van der Waals surface area contributed by atoms with E-state index in [2.05, 4.69) is 5.32 Å². The largest absolute Gasteiger partial charge is 0.481 e. The number of hydrogen-bond acceptors (Lipinski definition) is 3. The molecule has 0 saturated carbocycles. The number of carboxylic acid groups (broad SMARTS) is 1. The van der Waals surface area contributed by atoms with Gasteiger partial charge < -0.3 is 15.3 Å². The van der Waals surface area contributed by atoms with E-state index >= 15 is 0 Å². The average molecular weight is 270 g/mol. The van der Waals surface area contributed by atoms with Gasteiger partial charge in [-0.2, -0.15) is 0 Å². The smallest absolute Gasteiger partial charge is 0.308 e. The SMILES string of the molecule is CC(C)CNC(=O)CCN1CC(C(=O)O)CCC1=O. The number of piperidine rings is 1. The van der Waals surface area contributed by atoms with Gasteiger partial charge in [0.05, 0.1) is 5.92 Å². The Bertz CT molecular complexity index is 355. The highest BCUT2D eigenvalue weighted by atomic mass is 16.4. The van der Waals surface area contributed by atoms with Crippen LogP contribution in [-0.4, -0.2) is 47.4 Å². The van der Waals surface area contributed by atoms with Crippen LogP contribution in [0.4, 0.5) is 0 Å². The predicted octanol–water partition coefficient (Wildman–Crippen LogP) is 0.472. The normalized spacial score (nSPS) is 19.6. The van der Waals surface area contributed by atoms with Gasteiger partial charge in [-0.15, -0.1) is 0 Å². The number of nitrogens with zero attached hydrogens (tertiary/aromatic N) is 1. The minimum absolute atomic E-state index is 0.0610. The summed E-state index contributed by atoms with van der Waals surface area (Å²) in [5, 5.41) is 11.7. The van der Waals surface area contributed by atoms with Crippen LogP contribution in [0.3, 0.4) is 0 Å². The summed E-state index contributed by atoms with van der Waals surface area (Å²) in [6.45, 7) is 5.14. The highest BCUT2D eigenvalue weighted by Crippen LogP contribution is 2.17. The molecule has 6 nitrogen and oxygen atoms in total. The fourth-order valence-corrected chi connectivity index (χ4v) is 1.98. The molecule has 0 aromatic carbocycles. The number of carbonyl (C=O) groups is 3. The Morgan fingerprint density at radius 2 is 2.16 bits per heavy atom. The van der Waals surface area contributed by atoms with Crippen LogP contribution in [0.5, 0.6) is 0 Å². The summed E-state index contributed by atoms with van der Waals surface area (Å²) >= 11 is 0. The molecule has 1 heterocycles. The van der Waals surface area contributed by atoms with Gasteiger partial charge in [0.1, 0.15) is 0 Å². The highest BCUT2D eigenvalue weighted by Gasteiger charge is 2.29. The monoisotopic (exact) mass is 270 g/mol. The number of aliphatic carboxylic acids is 1. The number of hydrogen-bond donors (Lipinski definition) is 2. The Morgan fingerprint density at radius 1 is 1.47 bits per heavy atom. The standard InChI is InChI=1S/C13H22N2O4/c1-9(2)7-14-11(16)5-6-15-8-10(13(18)19)3-4-12(15)17/h9-10H,3-8H2,1-2H3,(H,14,16)(H,18,19). The minimum atomic E-state index is -0.873. The van der Waals surface area contributed by atoms with Gasteiger partial charge in [0.2, 0.25) is 11.8 Å². The van der Waals surface area contributed by atoms with Crippen molar-refractivity contribution in [2.45, 2.75) is 33.1 Å². The molecule has 108 valence electrons. The first-order chi connectivity index (χ1) is 8.90. The second-order valence-electron chi connectivity index (χ2n) is 5.36. The minimum Gasteiger partial charge on any atom is -0.481 e. The molecule has 19 heavy (non-hydrogen) atoms. The van der Waals surface area contributed by atoms with Crippen molar-refractivity contribution in [2.75, 3.05) is 19.6 Å². The molecule has 0 spiro atoms. The fraction of sp³-hybridized carbons (Fsp3) is 0.769. The maximum absolute atomic E-state index is 11.6. The predicted molar refractivity (Wildman–Crippen MR) is 69.4 cm³/mol. The number of carboxylic acids is 1. The number of likely N-dealkylation sites (tertiary alicyclic amines) is 1. The molecule has 2 amide bonds. The molecule has 1 atom stereocenters. The molecule has 6 heteroatoms. The molecular formula is C13H22N2O4. The van der Waals surface area contributed by atoms with Crippen LogP contribution in [0.15, 0.2) is 0 Å². The van der Waals surface area contributed by atoms with E-state index in [1.165, 1.54) is 4.90 Å². The maximum Gasteiger partial charge on any atom is 0.308 e. The third kappa shape index (κ3) is 5.28. The summed E-state index contributed by atoms with van der Waals surface area (Å²) in [6.07, 6.45) is 0.875. The second-order valence-corrected chi connectivity index (χ2v) is 5.36. The van der Waals surface area contributed by atoms with Crippen molar-refractivity contribution in [2.24, 2.45) is 11.8 Å². The molecule has 1 aliphatic rings. The van der Waals surface area contributed by atoms with E-state index in [4.69, 9.17) is 5.11 Å². The second kappa shape index (κ2) is 7.11. The van der Waals surface area contributed by atoms with Gasteiger partial charge in [0, 0.05) is 32.5 Å². The number of rotatable bonds is 6. The lowest BCUT2D eigenvalue weighted by molar-refractivity contribution is -0.147. The lowest BCUT2D eigenvalue weighted by Gasteiger charge is -2.30. The topological polar surface area (TPSA) is 86.7 Å². The van der Waals surface area contributed by atoms with Crippen LogP contribution in [0.25, 0.3) is 0 Å². The van der Waals surface area contributed by atoms with E-state index in [9.17, 15) is 14.4 Å². The molecule has 2 N–H and O–H groups in total. The molecule has 0 aromatic rings. The molecule has 0 aromatic heterocycles. The van der Waals surface area contributed by atoms with E-state index in [1.807, 2.05) is 13.8 Å². The summed E-state index contributed by atoms with van der Waals surface area (Å²) in [6, 6.07) is 0. The highest BCUT2D eigenvalue weighted by molar-refractivity contribution is 5.81. The van der Waals surface area contributed by atoms with Gasteiger partial charge in [-0.1, -0.05) is 13.8 Å². The number of nitrogens with one attached hydrogen (secondary N) is 1. The first kappa shape index (κ1) is 15.5. The zero-order valence-electron chi connectivity index (χ0n) is 11.5. The Labute approximate surface area is 113 Å². The Hall–Kier alpha value is -1.59. The Balaban J connectivity index is 2.36. The molecule has 1 saturated heterocycles. The molecule has 0 radical (unpaired) electrons. The van der Waals surface area contributed by atoms with Crippen molar-refractivity contribution in [3.63, 3.8) is 0 Å². The van der Waals surface area contributed by atoms with Gasteiger partial charge >= 0.3 is 5.97 Å². The summed E-state index contributed by atoms with van der Waals surface area (Å²) in [5.74, 6) is -1.15. The fourth-order valence-electron chi connectivity index (χ4n) is 1.98. The van der Waals surface area contributed by atoms with Crippen molar-refractivity contribution in [1.29, 1.82) is 0 Å². The van der Waals surface area contributed by atoms with E-state index in [-0.39, 0.29) is 31.2 Å². The van der Waals surface area contributed by atoms with Crippen LogP contribution in [0.1, 0.15) is 33.1 Å². The third-order valence-corrected chi connectivity index (χ3v) is 3.17. The van der Waals surface area contributed by atoms with Crippen LogP contribution < -0.4 is 5.32 Å². The molecule has 1 fully saturated rings. The quantitative estimate of drug-likeness (QED) is 0.734. The van der Waals surface area contributed by atoms with Gasteiger partial charge in [-0.3, -0.25) is 14.4 Å². The summed E-state index contributed by atoms with van der Waals surface area (Å²) < 4.78 is 0. The molecule has 0 bridgehead atoms. The molecule has 0 aliphatic carbocycles. The van der Waals surface area contributed by atoms with Crippen LogP contribution in [0.2, 0.25) is 0 Å². The van der Waals surface area contributed by atoms with Gasteiger partial charge in [-0.25, -0.2) is 0 Å². The zero-order chi connectivity index (χ0) is 14.4. The van der Waals surface area contributed by atoms with E-state index < -0.39 is 11.9 Å².